The lowest BCUT2D eigenvalue weighted by molar-refractivity contribution is -0.139. The fourth-order valence-electron chi connectivity index (χ4n) is 5.41. The lowest BCUT2D eigenvalue weighted by Crippen LogP contribution is -2.52. The molecule has 0 spiro atoms. The van der Waals surface area contributed by atoms with Crippen LogP contribution in [0.5, 0.6) is 0 Å². The molecule has 2 fully saturated rings. The van der Waals surface area contributed by atoms with Gasteiger partial charge < -0.3 is 19.3 Å². The quantitative estimate of drug-likeness (QED) is 0.581. The van der Waals surface area contributed by atoms with Crippen LogP contribution in [0.2, 0.25) is 0 Å². The van der Waals surface area contributed by atoms with Gasteiger partial charge in [-0.15, -0.1) is 0 Å². The number of carbonyl (C=O) groups is 2. The van der Waals surface area contributed by atoms with Crippen molar-refractivity contribution in [1.82, 2.24) is 24.5 Å². The maximum absolute atomic E-state index is 13.5. The summed E-state index contributed by atoms with van der Waals surface area (Å²) in [6.45, 7) is 8.94. The van der Waals surface area contributed by atoms with Crippen LogP contribution in [0.3, 0.4) is 0 Å². The minimum absolute atomic E-state index is 0.0492. The summed E-state index contributed by atoms with van der Waals surface area (Å²) in [7, 11) is 0. The lowest BCUT2D eigenvalue weighted by atomic mass is 10.0. The molecule has 0 unspecified atom stereocenters. The van der Waals surface area contributed by atoms with E-state index in [0.29, 0.717) is 64.7 Å². The average Bonchev–Trinajstić information content (AvgIpc) is 3.31. The molecule has 2 saturated heterocycles. The molecule has 2 amide bonds. The van der Waals surface area contributed by atoms with Crippen LogP contribution in [-0.4, -0.2) is 101 Å². The molecule has 1 aromatic heterocycles. The predicted molar refractivity (Wildman–Crippen MR) is 135 cm³/mol. The van der Waals surface area contributed by atoms with Crippen molar-refractivity contribution in [3.63, 3.8) is 0 Å². The Morgan fingerprint density at radius 3 is 2.36 bits per heavy atom. The molecule has 0 bridgehead atoms. The molecule has 0 radical (unpaired) electrons. The maximum atomic E-state index is 13.5. The Bertz CT molecular complexity index is 1040. The van der Waals surface area contributed by atoms with Crippen molar-refractivity contribution in [3.8, 4) is 0 Å². The van der Waals surface area contributed by atoms with Crippen molar-refractivity contribution in [2.45, 2.75) is 45.3 Å². The number of hydrogen-bond donors (Lipinski definition) is 0. The number of aryl methyl sites for hydroxylation is 2. The SMILES string of the molecule is C[C@@H](C(=O)N1CCc2c(c(C(=O)N3CCOCC3)nn2CCCc2ccccc2)C1)N1CCOCC1. The first-order valence-electron chi connectivity index (χ1n) is 13.2. The van der Waals surface area contributed by atoms with Gasteiger partial charge in [0.1, 0.15) is 0 Å². The number of benzene rings is 1. The maximum Gasteiger partial charge on any atom is 0.274 e. The van der Waals surface area contributed by atoms with E-state index < -0.39 is 0 Å². The van der Waals surface area contributed by atoms with Crippen molar-refractivity contribution < 1.29 is 19.1 Å². The summed E-state index contributed by atoms with van der Waals surface area (Å²) in [6.07, 6.45) is 2.62. The molecule has 9 heteroatoms. The molecule has 1 aromatic carbocycles. The van der Waals surface area contributed by atoms with Gasteiger partial charge in [0.25, 0.3) is 5.91 Å². The van der Waals surface area contributed by atoms with Gasteiger partial charge in [-0.1, -0.05) is 30.3 Å². The van der Waals surface area contributed by atoms with Crippen LogP contribution in [-0.2, 0) is 40.2 Å². The average molecular weight is 496 g/mol. The molecule has 4 heterocycles. The number of morpholine rings is 2. The highest BCUT2D eigenvalue weighted by atomic mass is 16.5. The zero-order valence-corrected chi connectivity index (χ0v) is 21.2. The predicted octanol–water partition coefficient (Wildman–Crippen LogP) is 1.59. The molecule has 36 heavy (non-hydrogen) atoms. The van der Waals surface area contributed by atoms with E-state index in [0.717, 1.165) is 43.7 Å². The van der Waals surface area contributed by atoms with Gasteiger partial charge in [0.2, 0.25) is 5.91 Å². The van der Waals surface area contributed by atoms with E-state index in [2.05, 4.69) is 29.2 Å². The summed E-state index contributed by atoms with van der Waals surface area (Å²) >= 11 is 0. The first-order valence-corrected chi connectivity index (χ1v) is 13.2. The molecule has 3 aliphatic rings. The number of nitrogens with zero attached hydrogens (tertiary/aromatic N) is 5. The number of amides is 2. The highest BCUT2D eigenvalue weighted by Gasteiger charge is 2.35. The number of rotatable bonds is 7. The second kappa shape index (κ2) is 11.5. The van der Waals surface area contributed by atoms with E-state index in [4.69, 9.17) is 14.6 Å². The van der Waals surface area contributed by atoms with E-state index in [1.165, 1.54) is 5.56 Å². The third-order valence-corrected chi connectivity index (χ3v) is 7.58. The monoisotopic (exact) mass is 495 g/mol. The molecule has 3 aliphatic heterocycles. The van der Waals surface area contributed by atoms with Crippen LogP contribution >= 0.6 is 0 Å². The molecule has 2 aromatic rings. The summed E-state index contributed by atoms with van der Waals surface area (Å²) < 4.78 is 12.9. The van der Waals surface area contributed by atoms with Gasteiger partial charge in [-0.25, -0.2) is 0 Å². The number of hydrogen-bond acceptors (Lipinski definition) is 6. The normalized spacial score (nSPS) is 19.7. The van der Waals surface area contributed by atoms with Gasteiger partial charge in [0.15, 0.2) is 5.69 Å². The standard InChI is InChI=1S/C27H37N5O4/c1-21(29-12-16-35-17-13-29)26(33)31-11-9-24-23(20-31)25(27(34)30-14-18-36-19-15-30)28-32(24)10-5-8-22-6-3-2-4-7-22/h2-4,6-7,21H,5,8-20H2,1H3/t21-/m0/s1. The Morgan fingerprint density at radius 2 is 1.64 bits per heavy atom. The first kappa shape index (κ1) is 24.9. The van der Waals surface area contributed by atoms with Crippen LogP contribution in [0.4, 0.5) is 0 Å². The van der Waals surface area contributed by atoms with Gasteiger partial charge in [-0.2, -0.15) is 5.10 Å². The van der Waals surface area contributed by atoms with Crippen LogP contribution < -0.4 is 0 Å². The third-order valence-electron chi connectivity index (χ3n) is 7.58. The summed E-state index contributed by atoms with van der Waals surface area (Å²) in [5.74, 6) is 0.0658. The van der Waals surface area contributed by atoms with Gasteiger partial charge in [0.05, 0.1) is 32.5 Å². The Balaban J connectivity index is 1.34. The molecule has 5 rings (SSSR count). The van der Waals surface area contributed by atoms with Crippen molar-refractivity contribution in [2.24, 2.45) is 0 Å². The van der Waals surface area contributed by atoms with Crippen molar-refractivity contribution in [3.05, 3.63) is 52.8 Å². The topological polar surface area (TPSA) is 80.1 Å². The summed E-state index contributed by atoms with van der Waals surface area (Å²) in [5, 5.41) is 4.85. The molecular weight excluding hydrogens is 458 g/mol. The van der Waals surface area contributed by atoms with E-state index in [9.17, 15) is 9.59 Å². The summed E-state index contributed by atoms with van der Waals surface area (Å²) in [4.78, 5) is 32.9. The molecule has 194 valence electrons. The second-order valence-corrected chi connectivity index (χ2v) is 9.82. The highest BCUT2D eigenvalue weighted by Crippen LogP contribution is 2.26. The largest absolute Gasteiger partial charge is 0.379 e. The van der Waals surface area contributed by atoms with Crippen LogP contribution in [0.15, 0.2) is 30.3 Å². The van der Waals surface area contributed by atoms with E-state index >= 15 is 0 Å². The summed E-state index contributed by atoms with van der Waals surface area (Å²) in [5.41, 5.74) is 3.82. The van der Waals surface area contributed by atoms with E-state index in [1.54, 1.807) is 0 Å². The fraction of sp³-hybridized carbons (Fsp3) is 0.593. The zero-order chi connectivity index (χ0) is 24.9. The fourth-order valence-corrected chi connectivity index (χ4v) is 5.41. The third kappa shape index (κ3) is 5.48. The molecule has 9 nitrogen and oxygen atoms in total. The minimum atomic E-state index is -0.199. The molecule has 0 N–H and O–H groups in total. The number of aromatic nitrogens is 2. The lowest BCUT2D eigenvalue weighted by Gasteiger charge is -2.36. The van der Waals surface area contributed by atoms with Gasteiger partial charge in [0, 0.05) is 63.5 Å². The zero-order valence-electron chi connectivity index (χ0n) is 21.2. The molecule has 0 aliphatic carbocycles. The van der Waals surface area contributed by atoms with E-state index in [1.807, 2.05) is 27.5 Å². The Morgan fingerprint density at radius 1 is 0.944 bits per heavy atom. The van der Waals surface area contributed by atoms with Crippen LogP contribution in [0, 0.1) is 0 Å². The second-order valence-electron chi connectivity index (χ2n) is 9.82. The molecule has 1 atom stereocenters. The van der Waals surface area contributed by atoms with Gasteiger partial charge in [-0.3, -0.25) is 19.2 Å². The smallest absolute Gasteiger partial charge is 0.274 e. The Kier molecular flexibility index (Phi) is 7.99. The number of fused-ring (bicyclic) bond motifs is 1. The Labute approximate surface area is 212 Å². The molecule has 0 saturated carbocycles. The van der Waals surface area contributed by atoms with Gasteiger partial charge in [-0.05, 0) is 25.3 Å². The van der Waals surface area contributed by atoms with Crippen molar-refractivity contribution >= 4 is 11.8 Å². The van der Waals surface area contributed by atoms with Gasteiger partial charge >= 0.3 is 0 Å². The van der Waals surface area contributed by atoms with Crippen molar-refractivity contribution in [1.29, 1.82) is 0 Å². The molecular formula is C27H37N5O4. The van der Waals surface area contributed by atoms with Crippen molar-refractivity contribution in [2.75, 3.05) is 59.2 Å². The number of ether oxygens (including phenoxy) is 2. The first-order chi connectivity index (χ1) is 17.6. The highest BCUT2D eigenvalue weighted by molar-refractivity contribution is 5.94. The number of carbonyl (C=O) groups excluding carboxylic acids is 2. The summed E-state index contributed by atoms with van der Waals surface area (Å²) in [6, 6.07) is 10.2. The van der Waals surface area contributed by atoms with E-state index in [-0.39, 0.29) is 17.9 Å². The van der Waals surface area contributed by atoms with Crippen LogP contribution in [0.1, 0.15) is 40.7 Å². The minimum Gasteiger partial charge on any atom is -0.379 e. The van der Waals surface area contributed by atoms with Crippen LogP contribution in [0.25, 0.3) is 0 Å². The Hall–Kier alpha value is -2.75.